The van der Waals surface area contributed by atoms with E-state index < -0.39 is 0 Å². The van der Waals surface area contributed by atoms with Gasteiger partial charge in [0, 0.05) is 13.0 Å². The van der Waals surface area contributed by atoms with Crippen LogP contribution in [0.5, 0.6) is 0 Å². The SMILES string of the molecule is C=C(OC)C1CCCC(OC)CC1. The van der Waals surface area contributed by atoms with E-state index in [9.17, 15) is 0 Å². The molecule has 0 aromatic carbocycles. The van der Waals surface area contributed by atoms with Crippen LogP contribution in [0.4, 0.5) is 0 Å². The van der Waals surface area contributed by atoms with Crippen LogP contribution in [0.15, 0.2) is 12.3 Å². The van der Waals surface area contributed by atoms with Crippen molar-refractivity contribution in [2.24, 2.45) is 5.92 Å². The number of hydrogen-bond acceptors (Lipinski definition) is 2. The summed E-state index contributed by atoms with van der Waals surface area (Å²) in [5.74, 6) is 1.49. The first kappa shape index (κ1) is 10.6. The lowest BCUT2D eigenvalue weighted by atomic mass is 9.99. The van der Waals surface area contributed by atoms with Gasteiger partial charge in [-0.15, -0.1) is 0 Å². The van der Waals surface area contributed by atoms with Gasteiger partial charge in [0.1, 0.15) is 0 Å². The van der Waals surface area contributed by atoms with Gasteiger partial charge in [0.25, 0.3) is 0 Å². The van der Waals surface area contributed by atoms with Crippen molar-refractivity contribution in [3.63, 3.8) is 0 Å². The Hall–Kier alpha value is -0.500. The molecule has 2 unspecified atom stereocenters. The van der Waals surface area contributed by atoms with Gasteiger partial charge < -0.3 is 9.47 Å². The van der Waals surface area contributed by atoms with E-state index in [0.29, 0.717) is 12.0 Å². The smallest absolute Gasteiger partial charge is 0.0914 e. The maximum absolute atomic E-state index is 5.36. The molecule has 0 aromatic rings. The lowest BCUT2D eigenvalue weighted by Crippen LogP contribution is -2.09. The topological polar surface area (TPSA) is 18.5 Å². The minimum atomic E-state index is 0.453. The monoisotopic (exact) mass is 184 g/mol. The largest absolute Gasteiger partial charge is 0.501 e. The molecule has 76 valence electrons. The number of allylic oxidation sites excluding steroid dienone is 1. The van der Waals surface area contributed by atoms with Gasteiger partial charge in [0.15, 0.2) is 0 Å². The van der Waals surface area contributed by atoms with Crippen LogP contribution in [-0.4, -0.2) is 20.3 Å². The Kier molecular flexibility index (Phi) is 4.29. The normalized spacial score (nSPS) is 29.4. The standard InChI is InChI=1S/C11H20O2/c1-9(12-2)10-5-4-6-11(13-3)8-7-10/h10-11H,1,4-8H2,2-3H3. The van der Waals surface area contributed by atoms with Crippen molar-refractivity contribution >= 4 is 0 Å². The summed E-state index contributed by atoms with van der Waals surface area (Å²) in [5.41, 5.74) is 0. The van der Waals surface area contributed by atoms with Crippen LogP contribution in [0.25, 0.3) is 0 Å². The first-order chi connectivity index (χ1) is 6.27. The molecule has 0 amide bonds. The van der Waals surface area contributed by atoms with Gasteiger partial charge in [-0.05, 0) is 25.7 Å². The molecule has 13 heavy (non-hydrogen) atoms. The maximum Gasteiger partial charge on any atom is 0.0914 e. The number of ether oxygens (including phenoxy) is 2. The lowest BCUT2D eigenvalue weighted by Gasteiger charge is -2.15. The highest BCUT2D eigenvalue weighted by Crippen LogP contribution is 2.29. The van der Waals surface area contributed by atoms with Gasteiger partial charge in [-0.25, -0.2) is 0 Å². The molecule has 1 rings (SSSR count). The van der Waals surface area contributed by atoms with Crippen LogP contribution >= 0.6 is 0 Å². The van der Waals surface area contributed by atoms with E-state index in [1.165, 1.54) is 19.3 Å². The van der Waals surface area contributed by atoms with Crippen LogP contribution in [0.1, 0.15) is 32.1 Å². The molecule has 2 heteroatoms. The molecule has 0 radical (unpaired) electrons. The summed E-state index contributed by atoms with van der Waals surface area (Å²) in [6, 6.07) is 0. The van der Waals surface area contributed by atoms with Crippen LogP contribution in [0, 0.1) is 5.92 Å². The molecule has 0 heterocycles. The van der Waals surface area contributed by atoms with Crippen molar-refractivity contribution in [3.05, 3.63) is 12.3 Å². The zero-order chi connectivity index (χ0) is 9.68. The maximum atomic E-state index is 5.36. The van der Waals surface area contributed by atoms with Crippen molar-refractivity contribution in [3.8, 4) is 0 Å². The van der Waals surface area contributed by atoms with Crippen molar-refractivity contribution < 1.29 is 9.47 Å². The van der Waals surface area contributed by atoms with E-state index in [1.807, 2.05) is 0 Å². The summed E-state index contributed by atoms with van der Waals surface area (Å²) in [5, 5.41) is 0. The van der Waals surface area contributed by atoms with Crippen LogP contribution in [0.3, 0.4) is 0 Å². The van der Waals surface area contributed by atoms with E-state index in [2.05, 4.69) is 6.58 Å². The molecule has 2 nitrogen and oxygen atoms in total. The van der Waals surface area contributed by atoms with Gasteiger partial charge in [0.05, 0.1) is 19.0 Å². The minimum Gasteiger partial charge on any atom is -0.501 e. The summed E-state index contributed by atoms with van der Waals surface area (Å²) in [7, 11) is 3.51. The van der Waals surface area contributed by atoms with Crippen molar-refractivity contribution in [2.45, 2.75) is 38.2 Å². The van der Waals surface area contributed by atoms with E-state index >= 15 is 0 Å². The van der Waals surface area contributed by atoms with E-state index in [4.69, 9.17) is 9.47 Å². The third kappa shape index (κ3) is 3.03. The first-order valence-corrected chi connectivity index (χ1v) is 5.03. The number of hydrogen-bond donors (Lipinski definition) is 0. The Balaban J connectivity index is 2.40. The Morgan fingerprint density at radius 1 is 1.15 bits per heavy atom. The van der Waals surface area contributed by atoms with Crippen molar-refractivity contribution in [1.82, 2.24) is 0 Å². The summed E-state index contributed by atoms with van der Waals surface area (Å²) in [4.78, 5) is 0. The third-order valence-corrected chi connectivity index (χ3v) is 2.97. The zero-order valence-electron chi connectivity index (χ0n) is 8.71. The van der Waals surface area contributed by atoms with Gasteiger partial charge >= 0.3 is 0 Å². The highest BCUT2D eigenvalue weighted by Gasteiger charge is 2.20. The van der Waals surface area contributed by atoms with E-state index in [1.54, 1.807) is 14.2 Å². The number of rotatable bonds is 3. The summed E-state index contributed by atoms with van der Waals surface area (Å²) >= 11 is 0. The van der Waals surface area contributed by atoms with E-state index in [0.717, 1.165) is 18.6 Å². The highest BCUT2D eigenvalue weighted by molar-refractivity contribution is 4.92. The molecular weight excluding hydrogens is 164 g/mol. The zero-order valence-corrected chi connectivity index (χ0v) is 8.71. The molecular formula is C11H20O2. The molecule has 0 N–H and O–H groups in total. The lowest BCUT2D eigenvalue weighted by molar-refractivity contribution is 0.0887. The second kappa shape index (κ2) is 5.28. The summed E-state index contributed by atoms with van der Waals surface area (Å²) in [6.07, 6.45) is 6.37. The van der Waals surface area contributed by atoms with Crippen molar-refractivity contribution in [1.29, 1.82) is 0 Å². The average Bonchev–Trinajstić information content (AvgIpc) is 2.41. The Morgan fingerprint density at radius 3 is 2.54 bits per heavy atom. The molecule has 1 aliphatic carbocycles. The molecule has 1 fully saturated rings. The average molecular weight is 184 g/mol. The van der Waals surface area contributed by atoms with Gasteiger partial charge in [0.2, 0.25) is 0 Å². The van der Waals surface area contributed by atoms with Gasteiger partial charge in [-0.1, -0.05) is 13.0 Å². The third-order valence-electron chi connectivity index (χ3n) is 2.97. The predicted octanol–water partition coefficient (Wildman–Crippen LogP) is 2.74. The molecule has 1 aliphatic rings. The summed E-state index contributed by atoms with van der Waals surface area (Å²) in [6.45, 7) is 3.93. The fourth-order valence-electron chi connectivity index (χ4n) is 1.99. The fourth-order valence-corrected chi connectivity index (χ4v) is 1.99. The van der Waals surface area contributed by atoms with Crippen LogP contribution < -0.4 is 0 Å². The van der Waals surface area contributed by atoms with Crippen molar-refractivity contribution in [2.75, 3.05) is 14.2 Å². The molecule has 2 atom stereocenters. The summed E-state index contributed by atoms with van der Waals surface area (Å²) < 4.78 is 10.5. The molecule has 0 saturated heterocycles. The second-order valence-electron chi connectivity index (χ2n) is 3.73. The fraction of sp³-hybridized carbons (Fsp3) is 0.818. The molecule has 0 aromatic heterocycles. The Morgan fingerprint density at radius 2 is 1.92 bits per heavy atom. The van der Waals surface area contributed by atoms with Crippen LogP contribution in [-0.2, 0) is 9.47 Å². The molecule has 0 spiro atoms. The molecule has 1 saturated carbocycles. The van der Waals surface area contributed by atoms with Gasteiger partial charge in [-0.2, -0.15) is 0 Å². The van der Waals surface area contributed by atoms with Crippen LogP contribution in [0.2, 0.25) is 0 Å². The Labute approximate surface area is 80.9 Å². The highest BCUT2D eigenvalue weighted by atomic mass is 16.5. The van der Waals surface area contributed by atoms with Gasteiger partial charge in [-0.3, -0.25) is 0 Å². The minimum absolute atomic E-state index is 0.453. The quantitative estimate of drug-likeness (QED) is 0.496. The first-order valence-electron chi connectivity index (χ1n) is 5.03. The number of methoxy groups -OCH3 is 2. The molecule has 0 bridgehead atoms. The second-order valence-corrected chi connectivity index (χ2v) is 3.73. The molecule has 0 aliphatic heterocycles. The predicted molar refractivity (Wildman–Crippen MR) is 53.5 cm³/mol. The van der Waals surface area contributed by atoms with E-state index in [-0.39, 0.29) is 0 Å². The Bertz CT molecular complexity index is 165.